The van der Waals surface area contributed by atoms with Crippen LogP contribution in [0.25, 0.3) is 11.3 Å². The fourth-order valence-corrected chi connectivity index (χ4v) is 2.48. The van der Waals surface area contributed by atoms with Crippen LogP contribution >= 0.6 is 11.6 Å². The predicted octanol–water partition coefficient (Wildman–Crippen LogP) is 5.30. The summed E-state index contributed by atoms with van der Waals surface area (Å²) in [5.74, 6) is 0.00326. The lowest BCUT2D eigenvalue weighted by Crippen LogP contribution is -2.13. The molecule has 5 heteroatoms. The van der Waals surface area contributed by atoms with Gasteiger partial charge in [0.25, 0.3) is 5.91 Å². The lowest BCUT2D eigenvalue weighted by molar-refractivity contribution is 0.102. The minimum Gasteiger partial charge on any atom is -0.460 e. The molecule has 23 heavy (non-hydrogen) atoms. The van der Waals surface area contributed by atoms with Crippen LogP contribution in [-0.4, -0.2) is 5.91 Å². The Morgan fingerprint density at radius 2 is 1.83 bits per heavy atom. The number of para-hydroxylation sites is 1. The molecule has 1 heterocycles. The fourth-order valence-electron chi connectivity index (χ4n) is 2.25. The van der Waals surface area contributed by atoms with E-state index >= 15 is 0 Å². The molecule has 0 unspecified atom stereocenters. The van der Waals surface area contributed by atoms with Crippen molar-refractivity contribution in [2.75, 3.05) is 5.32 Å². The van der Waals surface area contributed by atoms with Gasteiger partial charge in [-0.15, -0.1) is 0 Å². The number of aryl methyl sites for hydroxylation is 1. The van der Waals surface area contributed by atoms with Gasteiger partial charge in [-0.3, -0.25) is 4.79 Å². The molecule has 0 radical (unpaired) electrons. The molecule has 0 saturated carbocycles. The van der Waals surface area contributed by atoms with E-state index in [4.69, 9.17) is 16.0 Å². The predicted molar refractivity (Wildman–Crippen MR) is 88.2 cm³/mol. The van der Waals surface area contributed by atoms with Crippen molar-refractivity contribution < 1.29 is 13.6 Å². The molecule has 1 N–H and O–H groups in total. The largest absolute Gasteiger partial charge is 0.460 e. The van der Waals surface area contributed by atoms with Gasteiger partial charge in [0.15, 0.2) is 0 Å². The Bertz CT molecular complexity index is 873. The van der Waals surface area contributed by atoms with Crippen molar-refractivity contribution >= 4 is 23.2 Å². The van der Waals surface area contributed by atoms with E-state index in [-0.39, 0.29) is 5.69 Å². The molecule has 116 valence electrons. The summed E-state index contributed by atoms with van der Waals surface area (Å²) in [6.07, 6.45) is 0. The molecule has 0 spiro atoms. The first-order valence-electron chi connectivity index (χ1n) is 6.97. The average molecular weight is 330 g/mol. The monoisotopic (exact) mass is 329 g/mol. The Kier molecular flexibility index (Phi) is 4.17. The summed E-state index contributed by atoms with van der Waals surface area (Å²) in [4.78, 5) is 12.3. The zero-order valence-corrected chi connectivity index (χ0v) is 13.0. The standard InChI is InChI=1S/C18H13ClFNO2/c1-11-13(18(22)21-16-9-5-4-8-15(16)20)10-17(23-11)12-6-2-3-7-14(12)19/h2-10H,1H3,(H,21,22). The number of rotatable bonds is 3. The molecule has 1 aromatic heterocycles. The maximum absolute atomic E-state index is 13.6. The van der Waals surface area contributed by atoms with Crippen LogP contribution in [0.3, 0.4) is 0 Å². The van der Waals surface area contributed by atoms with Crippen LogP contribution in [0.2, 0.25) is 5.02 Å². The van der Waals surface area contributed by atoms with Crippen LogP contribution in [0.1, 0.15) is 16.1 Å². The van der Waals surface area contributed by atoms with Gasteiger partial charge >= 0.3 is 0 Å². The lowest BCUT2D eigenvalue weighted by atomic mass is 10.1. The van der Waals surface area contributed by atoms with Crippen molar-refractivity contribution in [3.63, 3.8) is 0 Å². The highest BCUT2D eigenvalue weighted by Crippen LogP contribution is 2.31. The van der Waals surface area contributed by atoms with Crippen molar-refractivity contribution in [3.05, 3.63) is 76.8 Å². The Hall–Kier alpha value is -2.59. The second-order valence-corrected chi connectivity index (χ2v) is 5.40. The molecule has 0 aliphatic rings. The number of benzene rings is 2. The maximum atomic E-state index is 13.6. The number of carbonyl (C=O) groups excluding carboxylic acids is 1. The van der Waals surface area contributed by atoms with Crippen molar-refractivity contribution in [1.82, 2.24) is 0 Å². The first kappa shape index (κ1) is 15.3. The Balaban J connectivity index is 1.91. The van der Waals surface area contributed by atoms with Gasteiger partial charge in [0.2, 0.25) is 0 Å². The third-order valence-electron chi connectivity index (χ3n) is 3.42. The van der Waals surface area contributed by atoms with Crippen LogP contribution < -0.4 is 5.32 Å². The molecule has 2 aromatic carbocycles. The molecule has 1 amide bonds. The summed E-state index contributed by atoms with van der Waals surface area (Å²) in [6.45, 7) is 1.68. The van der Waals surface area contributed by atoms with Crippen molar-refractivity contribution in [3.8, 4) is 11.3 Å². The third kappa shape index (κ3) is 3.12. The van der Waals surface area contributed by atoms with E-state index in [1.165, 1.54) is 12.1 Å². The highest BCUT2D eigenvalue weighted by Gasteiger charge is 2.18. The molecule has 0 aliphatic carbocycles. The van der Waals surface area contributed by atoms with E-state index in [9.17, 15) is 9.18 Å². The van der Waals surface area contributed by atoms with E-state index in [0.29, 0.717) is 27.7 Å². The Labute approximate surface area is 137 Å². The molecule has 3 rings (SSSR count). The summed E-state index contributed by atoms with van der Waals surface area (Å²) >= 11 is 6.14. The van der Waals surface area contributed by atoms with E-state index < -0.39 is 11.7 Å². The normalized spacial score (nSPS) is 10.6. The summed E-state index contributed by atoms with van der Waals surface area (Å²) in [5, 5.41) is 3.07. The van der Waals surface area contributed by atoms with Crippen LogP contribution in [0.5, 0.6) is 0 Å². The number of furan rings is 1. The van der Waals surface area contributed by atoms with Gasteiger partial charge in [-0.1, -0.05) is 35.9 Å². The van der Waals surface area contributed by atoms with Crippen molar-refractivity contribution in [2.24, 2.45) is 0 Å². The molecule has 3 aromatic rings. The third-order valence-corrected chi connectivity index (χ3v) is 3.75. The number of hydrogen-bond acceptors (Lipinski definition) is 2. The molecular formula is C18H13ClFNO2. The van der Waals surface area contributed by atoms with Gasteiger partial charge in [-0.05, 0) is 37.3 Å². The van der Waals surface area contributed by atoms with Gasteiger partial charge in [0.05, 0.1) is 16.3 Å². The number of amides is 1. The van der Waals surface area contributed by atoms with E-state index in [1.807, 2.05) is 12.1 Å². The first-order valence-corrected chi connectivity index (χ1v) is 7.35. The average Bonchev–Trinajstić information content (AvgIpc) is 2.92. The molecule has 3 nitrogen and oxygen atoms in total. The molecule has 0 aliphatic heterocycles. The van der Waals surface area contributed by atoms with Gasteiger partial charge in [0.1, 0.15) is 17.3 Å². The fraction of sp³-hybridized carbons (Fsp3) is 0.0556. The maximum Gasteiger partial charge on any atom is 0.259 e. The van der Waals surface area contributed by atoms with Gasteiger partial charge < -0.3 is 9.73 Å². The van der Waals surface area contributed by atoms with Crippen LogP contribution in [0, 0.1) is 12.7 Å². The van der Waals surface area contributed by atoms with E-state index in [2.05, 4.69) is 5.32 Å². The summed E-state index contributed by atoms with van der Waals surface area (Å²) < 4.78 is 19.3. The summed E-state index contributed by atoms with van der Waals surface area (Å²) in [6, 6.07) is 14.8. The van der Waals surface area contributed by atoms with Gasteiger partial charge in [-0.25, -0.2) is 4.39 Å². The van der Waals surface area contributed by atoms with Crippen LogP contribution in [-0.2, 0) is 0 Å². The zero-order chi connectivity index (χ0) is 16.4. The number of nitrogens with one attached hydrogen (secondary N) is 1. The van der Waals surface area contributed by atoms with Crippen molar-refractivity contribution in [2.45, 2.75) is 6.92 Å². The van der Waals surface area contributed by atoms with Crippen LogP contribution in [0.15, 0.2) is 59.0 Å². The van der Waals surface area contributed by atoms with Crippen LogP contribution in [0.4, 0.5) is 10.1 Å². The lowest BCUT2D eigenvalue weighted by Gasteiger charge is -2.04. The minimum atomic E-state index is -0.492. The van der Waals surface area contributed by atoms with E-state index in [1.54, 1.807) is 37.3 Å². The second kappa shape index (κ2) is 6.26. The SMILES string of the molecule is Cc1oc(-c2ccccc2Cl)cc1C(=O)Nc1ccccc1F. The molecule has 0 saturated heterocycles. The Morgan fingerprint density at radius 1 is 1.13 bits per heavy atom. The van der Waals surface area contributed by atoms with Crippen molar-refractivity contribution in [1.29, 1.82) is 0 Å². The second-order valence-electron chi connectivity index (χ2n) is 4.99. The molecule has 0 fully saturated rings. The summed E-state index contributed by atoms with van der Waals surface area (Å²) in [7, 11) is 0. The zero-order valence-electron chi connectivity index (χ0n) is 12.3. The molecular weight excluding hydrogens is 317 g/mol. The highest BCUT2D eigenvalue weighted by molar-refractivity contribution is 6.33. The quantitative estimate of drug-likeness (QED) is 0.708. The number of halogens is 2. The number of hydrogen-bond donors (Lipinski definition) is 1. The van der Waals surface area contributed by atoms with E-state index in [0.717, 1.165) is 0 Å². The number of anilines is 1. The highest BCUT2D eigenvalue weighted by atomic mass is 35.5. The molecule has 0 atom stereocenters. The summed E-state index contributed by atoms with van der Waals surface area (Å²) in [5.41, 5.74) is 1.16. The van der Waals surface area contributed by atoms with Gasteiger partial charge in [0, 0.05) is 5.56 Å². The topological polar surface area (TPSA) is 42.2 Å². The smallest absolute Gasteiger partial charge is 0.259 e. The minimum absolute atomic E-state index is 0.123. The first-order chi connectivity index (χ1) is 11.1. The number of carbonyl (C=O) groups is 1. The molecule has 0 bridgehead atoms. The van der Waals surface area contributed by atoms with Gasteiger partial charge in [-0.2, -0.15) is 0 Å². The Morgan fingerprint density at radius 3 is 2.57 bits per heavy atom.